The monoisotopic (exact) mass is 446 g/mol. The van der Waals surface area contributed by atoms with E-state index in [0.29, 0.717) is 10.7 Å². The SMILES string of the molecule is C[C@H](OC(=O)c1ccccc1NC(=O)c1ccco1)C(=O)Nc1ccc(Cl)cc1Cl. The lowest BCUT2D eigenvalue weighted by atomic mass is 10.1. The maximum atomic E-state index is 12.6. The molecular formula is C21H16Cl2N2O5. The van der Waals surface area contributed by atoms with E-state index < -0.39 is 23.9 Å². The van der Waals surface area contributed by atoms with Gasteiger partial charge in [-0.05, 0) is 49.4 Å². The summed E-state index contributed by atoms with van der Waals surface area (Å²) in [4.78, 5) is 37.2. The molecule has 0 unspecified atom stereocenters. The van der Waals surface area contributed by atoms with Gasteiger partial charge in [0.1, 0.15) is 0 Å². The molecule has 9 heteroatoms. The number of amides is 2. The number of carbonyl (C=O) groups excluding carboxylic acids is 3. The second-order valence-electron chi connectivity index (χ2n) is 6.14. The summed E-state index contributed by atoms with van der Waals surface area (Å²) in [6.07, 6.45) is 0.237. The first-order chi connectivity index (χ1) is 14.3. The van der Waals surface area contributed by atoms with Gasteiger partial charge in [-0.15, -0.1) is 0 Å². The van der Waals surface area contributed by atoms with E-state index >= 15 is 0 Å². The van der Waals surface area contributed by atoms with E-state index in [1.54, 1.807) is 24.3 Å². The van der Waals surface area contributed by atoms with Crippen molar-refractivity contribution >= 4 is 52.4 Å². The molecule has 0 bridgehead atoms. The molecule has 0 aliphatic rings. The molecular weight excluding hydrogens is 431 g/mol. The van der Waals surface area contributed by atoms with Crippen LogP contribution in [-0.4, -0.2) is 23.9 Å². The number of esters is 1. The van der Waals surface area contributed by atoms with Crippen LogP contribution >= 0.6 is 23.2 Å². The van der Waals surface area contributed by atoms with Gasteiger partial charge < -0.3 is 19.8 Å². The van der Waals surface area contributed by atoms with Crippen molar-refractivity contribution in [2.24, 2.45) is 0 Å². The highest BCUT2D eigenvalue weighted by molar-refractivity contribution is 6.36. The van der Waals surface area contributed by atoms with E-state index in [-0.39, 0.29) is 22.0 Å². The standard InChI is InChI=1S/C21H16Cl2N2O5/c1-12(19(26)25-17-9-8-13(22)11-15(17)23)30-21(28)14-5-2-3-6-16(14)24-20(27)18-7-4-10-29-18/h2-12H,1H3,(H,24,27)(H,25,26)/t12-/m0/s1. The lowest BCUT2D eigenvalue weighted by Crippen LogP contribution is -2.30. The van der Waals surface area contributed by atoms with Crippen LogP contribution in [0.3, 0.4) is 0 Å². The Morgan fingerprint density at radius 3 is 2.43 bits per heavy atom. The number of hydrogen-bond donors (Lipinski definition) is 2. The van der Waals surface area contributed by atoms with Crippen molar-refractivity contribution in [3.63, 3.8) is 0 Å². The van der Waals surface area contributed by atoms with E-state index in [1.807, 2.05) is 0 Å². The molecule has 1 atom stereocenters. The minimum Gasteiger partial charge on any atom is -0.459 e. The summed E-state index contributed by atoms with van der Waals surface area (Å²) in [5.74, 6) is -1.80. The van der Waals surface area contributed by atoms with Crippen LogP contribution in [0.5, 0.6) is 0 Å². The number of carbonyl (C=O) groups is 3. The second-order valence-corrected chi connectivity index (χ2v) is 6.98. The van der Waals surface area contributed by atoms with Gasteiger partial charge in [-0.1, -0.05) is 35.3 Å². The zero-order valence-electron chi connectivity index (χ0n) is 15.6. The first kappa shape index (κ1) is 21.4. The van der Waals surface area contributed by atoms with Crippen molar-refractivity contribution in [3.05, 3.63) is 82.2 Å². The Morgan fingerprint density at radius 2 is 1.73 bits per heavy atom. The maximum Gasteiger partial charge on any atom is 0.341 e. The molecule has 0 aliphatic heterocycles. The van der Waals surface area contributed by atoms with Crippen molar-refractivity contribution < 1.29 is 23.5 Å². The van der Waals surface area contributed by atoms with Crippen molar-refractivity contribution in [2.45, 2.75) is 13.0 Å². The first-order valence-electron chi connectivity index (χ1n) is 8.76. The molecule has 3 rings (SSSR count). The fourth-order valence-electron chi connectivity index (χ4n) is 2.46. The quantitative estimate of drug-likeness (QED) is 0.517. The molecule has 0 radical (unpaired) electrons. The van der Waals surface area contributed by atoms with Crippen LogP contribution in [0.25, 0.3) is 0 Å². The number of furan rings is 1. The van der Waals surface area contributed by atoms with Gasteiger partial charge in [0.25, 0.3) is 11.8 Å². The van der Waals surface area contributed by atoms with Crippen LogP contribution in [-0.2, 0) is 9.53 Å². The van der Waals surface area contributed by atoms with Gasteiger partial charge >= 0.3 is 5.97 Å². The van der Waals surface area contributed by atoms with Crippen LogP contribution in [0, 0.1) is 0 Å². The van der Waals surface area contributed by atoms with Crippen LogP contribution in [0.4, 0.5) is 11.4 Å². The second kappa shape index (κ2) is 9.47. The summed E-state index contributed by atoms with van der Waals surface area (Å²) >= 11 is 11.9. The molecule has 7 nitrogen and oxygen atoms in total. The predicted octanol–water partition coefficient (Wildman–Crippen LogP) is 5.02. The average Bonchev–Trinajstić information content (AvgIpc) is 3.25. The van der Waals surface area contributed by atoms with E-state index in [2.05, 4.69) is 10.6 Å². The Morgan fingerprint density at radius 1 is 0.967 bits per heavy atom. The average molecular weight is 447 g/mol. The van der Waals surface area contributed by atoms with Gasteiger partial charge in [-0.3, -0.25) is 9.59 Å². The summed E-state index contributed by atoms with van der Waals surface area (Å²) in [6.45, 7) is 1.42. The van der Waals surface area contributed by atoms with Crippen LogP contribution in [0.1, 0.15) is 27.8 Å². The number of hydrogen-bond acceptors (Lipinski definition) is 5. The summed E-state index contributed by atoms with van der Waals surface area (Å²) in [7, 11) is 0. The van der Waals surface area contributed by atoms with Crippen molar-refractivity contribution in [3.8, 4) is 0 Å². The zero-order chi connectivity index (χ0) is 21.7. The third-order valence-electron chi connectivity index (χ3n) is 3.98. The minimum atomic E-state index is -1.13. The fourth-order valence-corrected chi connectivity index (χ4v) is 2.92. The predicted molar refractivity (Wildman–Crippen MR) is 113 cm³/mol. The lowest BCUT2D eigenvalue weighted by molar-refractivity contribution is -0.123. The largest absolute Gasteiger partial charge is 0.459 e. The van der Waals surface area contributed by atoms with Gasteiger partial charge in [-0.25, -0.2) is 4.79 Å². The molecule has 3 aromatic rings. The Bertz CT molecular complexity index is 1080. The number of anilines is 2. The van der Waals surface area contributed by atoms with Gasteiger partial charge in [0, 0.05) is 5.02 Å². The lowest BCUT2D eigenvalue weighted by Gasteiger charge is -2.16. The van der Waals surface area contributed by atoms with Crippen molar-refractivity contribution in [1.29, 1.82) is 0 Å². The number of rotatable bonds is 6. The Balaban J connectivity index is 1.68. The molecule has 0 saturated heterocycles. The molecule has 2 aromatic carbocycles. The first-order valence-corrected chi connectivity index (χ1v) is 9.51. The van der Waals surface area contributed by atoms with Crippen LogP contribution < -0.4 is 10.6 Å². The highest BCUT2D eigenvalue weighted by Gasteiger charge is 2.22. The normalized spacial score (nSPS) is 11.4. The Kier molecular flexibility index (Phi) is 6.76. The van der Waals surface area contributed by atoms with Crippen LogP contribution in [0.2, 0.25) is 10.0 Å². The third kappa shape index (κ3) is 5.20. The van der Waals surface area contributed by atoms with Crippen molar-refractivity contribution in [2.75, 3.05) is 10.6 Å². The smallest absolute Gasteiger partial charge is 0.341 e. The molecule has 2 N–H and O–H groups in total. The third-order valence-corrected chi connectivity index (χ3v) is 4.53. The maximum absolute atomic E-state index is 12.6. The topological polar surface area (TPSA) is 97.6 Å². The molecule has 0 spiro atoms. The van der Waals surface area contributed by atoms with E-state index in [1.165, 1.54) is 43.5 Å². The fraction of sp³-hybridized carbons (Fsp3) is 0.0952. The van der Waals surface area contributed by atoms with Gasteiger partial charge in [0.15, 0.2) is 11.9 Å². The molecule has 1 aromatic heterocycles. The number of nitrogens with one attached hydrogen (secondary N) is 2. The number of para-hydroxylation sites is 1. The molecule has 0 fully saturated rings. The Hall–Kier alpha value is -3.29. The van der Waals surface area contributed by atoms with Gasteiger partial charge in [0.05, 0.1) is 28.2 Å². The molecule has 2 amide bonds. The molecule has 1 heterocycles. The molecule has 154 valence electrons. The summed E-state index contributed by atoms with van der Waals surface area (Å²) < 4.78 is 10.3. The summed E-state index contributed by atoms with van der Waals surface area (Å²) in [5.41, 5.74) is 0.638. The highest BCUT2D eigenvalue weighted by atomic mass is 35.5. The summed E-state index contributed by atoms with van der Waals surface area (Å²) in [6, 6.07) is 13.9. The zero-order valence-corrected chi connectivity index (χ0v) is 17.2. The van der Waals surface area contributed by atoms with Gasteiger partial charge in [-0.2, -0.15) is 0 Å². The highest BCUT2D eigenvalue weighted by Crippen LogP contribution is 2.26. The van der Waals surface area contributed by atoms with E-state index in [4.69, 9.17) is 32.4 Å². The number of ether oxygens (including phenoxy) is 1. The van der Waals surface area contributed by atoms with Crippen LogP contribution in [0.15, 0.2) is 65.3 Å². The number of benzene rings is 2. The van der Waals surface area contributed by atoms with Gasteiger partial charge in [0.2, 0.25) is 0 Å². The number of halogens is 2. The molecule has 0 saturated carbocycles. The van der Waals surface area contributed by atoms with Crippen molar-refractivity contribution in [1.82, 2.24) is 0 Å². The molecule has 0 aliphatic carbocycles. The van der Waals surface area contributed by atoms with E-state index in [0.717, 1.165) is 0 Å². The summed E-state index contributed by atoms with van der Waals surface area (Å²) in [5, 5.41) is 5.83. The van der Waals surface area contributed by atoms with E-state index in [9.17, 15) is 14.4 Å². The molecule has 30 heavy (non-hydrogen) atoms. The minimum absolute atomic E-state index is 0.0848. The Labute approximate surface area is 181 Å².